The summed E-state index contributed by atoms with van der Waals surface area (Å²) >= 11 is 0. The van der Waals surface area contributed by atoms with Crippen LogP contribution in [0.5, 0.6) is 0 Å². The molecule has 1 N–H and O–H groups in total. The molecule has 0 fully saturated rings. The Morgan fingerprint density at radius 1 is 0.926 bits per heavy atom. The van der Waals surface area contributed by atoms with Gasteiger partial charge in [-0.3, -0.25) is 9.10 Å². The molecule has 146 valence electrons. The van der Waals surface area contributed by atoms with Crippen LogP contribution >= 0.6 is 0 Å². The smallest absolute Gasteiger partial charge is 0.264 e. The number of benzene rings is 2. The average molecular weight is 389 g/mol. The predicted octanol–water partition coefficient (Wildman–Crippen LogP) is 3.66. The number of rotatable bonds is 7. The fourth-order valence-electron chi connectivity index (χ4n) is 2.46. The van der Waals surface area contributed by atoms with Crippen LogP contribution in [0.25, 0.3) is 0 Å². The molecule has 0 aliphatic rings. The van der Waals surface area contributed by atoms with Gasteiger partial charge in [0, 0.05) is 6.04 Å². The van der Waals surface area contributed by atoms with Crippen molar-refractivity contribution in [2.24, 2.45) is 5.92 Å². The van der Waals surface area contributed by atoms with E-state index in [1.165, 1.54) is 4.31 Å². The van der Waals surface area contributed by atoms with E-state index in [4.69, 9.17) is 0 Å². The molecule has 0 spiro atoms. The summed E-state index contributed by atoms with van der Waals surface area (Å²) in [4.78, 5) is 12.7. The Balaban J connectivity index is 2.39. The maximum atomic E-state index is 13.2. The van der Waals surface area contributed by atoms with Crippen LogP contribution < -0.4 is 9.62 Å². The molecule has 0 heterocycles. The summed E-state index contributed by atoms with van der Waals surface area (Å²) in [6.45, 7) is 9.48. The second-order valence-electron chi connectivity index (χ2n) is 7.26. The Kier molecular flexibility index (Phi) is 6.65. The molecule has 0 aliphatic heterocycles. The third-order valence-electron chi connectivity index (χ3n) is 4.61. The van der Waals surface area contributed by atoms with E-state index in [2.05, 4.69) is 5.32 Å². The van der Waals surface area contributed by atoms with Gasteiger partial charge in [0.2, 0.25) is 5.91 Å². The maximum Gasteiger partial charge on any atom is 0.264 e. The van der Waals surface area contributed by atoms with Crippen LogP contribution in [-0.4, -0.2) is 26.9 Å². The third kappa shape index (κ3) is 5.32. The first-order valence-corrected chi connectivity index (χ1v) is 10.5. The van der Waals surface area contributed by atoms with Crippen LogP contribution in [0, 0.1) is 19.8 Å². The minimum atomic E-state index is -3.86. The summed E-state index contributed by atoms with van der Waals surface area (Å²) in [7, 11) is -3.86. The van der Waals surface area contributed by atoms with Crippen molar-refractivity contribution < 1.29 is 13.2 Å². The molecule has 0 bridgehead atoms. The van der Waals surface area contributed by atoms with Gasteiger partial charge in [-0.1, -0.05) is 49.2 Å². The molecule has 0 radical (unpaired) electrons. The van der Waals surface area contributed by atoms with E-state index in [0.717, 1.165) is 11.1 Å². The second-order valence-corrected chi connectivity index (χ2v) is 9.12. The molecule has 0 unspecified atom stereocenters. The van der Waals surface area contributed by atoms with Crippen molar-refractivity contribution in [1.29, 1.82) is 0 Å². The van der Waals surface area contributed by atoms with Crippen molar-refractivity contribution in [3.05, 3.63) is 59.7 Å². The highest BCUT2D eigenvalue weighted by Gasteiger charge is 2.27. The number of nitrogens with zero attached hydrogens (tertiary/aromatic N) is 1. The lowest BCUT2D eigenvalue weighted by Crippen LogP contribution is -2.45. The third-order valence-corrected chi connectivity index (χ3v) is 6.39. The SMILES string of the molecule is Cc1ccc(N(CC(=O)N[C@H](C)C(C)C)S(=O)(=O)c2ccc(C)cc2)cc1. The van der Waals surface area contributed by atoms with Gasteiger partial charge in [0.25, 0.3) is 10.0 Å². The van der Waals surface area contributed by atoms with Crippen LogP contribution in [0.4, 0.5) is 5.69 Å². The van der Waals surface area contributed by atoms with Crippen molar-refractivity contribution in [3.63, 3.8) is 0 Å². The lowest BCUT2D eigenvalue weighted by Gasteiger charge is -2.26. The topological polar surface area (TPSA) is 66.5 Å². The lowest BCUT2D eigenvalue weighted by atomic mass is 10.1. The van der Waals surface area contributed by atoms with Crippen LogP contribution in [0.15, 0.2) is 53.4 Å². The summed E-state index contributed by atoms with van der Waals surface area (Å²) in [6, 6.07) is 13.7. The molecule has 0 aliphatic carbocycles. The van der Waals surface area contributed by atoms with Gasteiger partial charge in [0.15, 0.2) is 0 Å². The number of anilines is 1. The molecule has 0 saturated carbocycles. The first kappa shape index (κ1) is 21.0. The van der Waals surface area contributed by atoms with Gasteiger partial charge in [0.05, 0.1) is 10.6 Å². The lowest BCUT2D eigenvalue weighted by molar-refractivity contribution is -0.120. The summed E-state index contributed by atoms with van der Waals surface area (Å²) in [6.07, 6.45) is 0. The molecule has 27 heavy (non-hydrogen) atoms. The molecule has 6 heteroatoms. The minimum Gasteiger partial charge on any atom is -0.352 e. The fraction of sp³-hybridized carbons (Fsp3) is 0.381. The van der Waals surface area contributed by atoms with E-state index in [-0.39, 0.29) is 29.3 Å². The number of nitrogens with one attached hydrogen (secondary N) is 1. The quantitative estimate of drug-likeness (QED) is 0.787. The standard InChI is InChI=1S/C21H28N2O3S/c1-15(2)18(5)22-21(24)14-23(19-10-6-16(3)7-11-19)27(25,26)20-12-8-17(4)9-13-20/h6-13,15,18H,14H2,1-5H3,(H,22,24)/t18-/m1/s1. The Morgan fingerprint density at radius 3 is 1.89 bits per heavy atom. The number of carbonyl (C=O) groups is 1. The van der Waals surface area contributed by atoms with E-state index < -0.39 is 10.0 Å². The zero-order valence-electron chi connectivity index (χ0n) is 16.6. The molecule has 0 saturated heterocycles. The van der Waals surface area contributed by atoms with Gasteiger partial charge in [-0.15, -0.1) is 0 Å². The number of carbonyl (C=O) groups excluding carboxylic acids is 1. The molecule has 1 amide bonds. The van der Waals surface area contributed by atoms with Gasteiger partial charge in [-0.2, -0.15) is 0 Å². The van der Waals surface area contributed by atoms with Crippen molar-refractivity contribution in [1.82, 2.24) is 5.32 Å². The zero-order chi connectivity index (χ0) is 20.2. The van der Waals surface area contributed by atoms with Gasteiger partial charge in [0.1, 0.15) is 6.54 Å². The predicted molar refractivity (Wildman–Crippen MR) is 109 cm³/mol. The molecule has 1 atom stereocenters. The molecular formula is C21H28N2O3S. The summed E-state index contributed by atoms with van der Waals surface area (Å²) in [5, 5.41) is 2.88. The largest absolute Gasteiger partial charge is 0.352 e. The highest BCUT2D eigenvalue weighted by Crippen LogP contribution is 2.24. The Hall–Kier alpha value is -2.34. The number of amides is 1. The van der Waals surface area contributed by atoms with Crippen molar-refractivity contribution in [2.45, 2.75) is 45.6 Å². The molecular weight excluding hydrogens is 360 g/mol. The van der Waals surface area contributed by atoms with Gasteiger partial charge < -0.3 is 5.32 Å². The average Bonchev–Trinajstić information content (AvgIpc) is 2.60. The molecule has 2 rings (SSSR count). The number of sulfonamides is 1. The van der Waals surface area contributed by atoms with E-state index in [1.807, 2.05) is 46.8 Å². The minimum absolute atomic E-state index is 0.0422. The molecule has 5 nitrogen and oxygen atoms in total. The molecule has 0 aromatic heterocycles. The molecule has 2 aromatic carbocycles. The van der Waals surface area contributed by atoms with Crippen molar-refractivity contribution in [2.75, 3.05) is 10.8 Å². The fourth-order valence-corrected chi connectivity index (χ4v) is 3.88. The summed E-state index contributed by atoms with van der Waals surface area (Å²) in [5.74, 6) is -0.0667. The normalized spacial score (nSPS) is 12.7. The van der Waals surface area contributed by atoms with E-state index in [1.54, 1.807) is 36.4 Å². The maximum absolute atomic E-state index is 13.2. The summed E-state index contributed by atoms with van der Waals surface area (Å²) in [5.41, 5.74) is 2.46. The van der Waals surface area contributed by atoms with Gasteiger partial charge in [-0.25, -0.2) is 8.42 Å². The Morgan fingerprint density at radius 2 is 1.41 bits per heavy atom. The number of aryl methyl sites for hydroxylation is 2. The van der Waals surface area contributed by atoms with Crippen molar-refractivity contribution >= 4 is 21.6 Å². The van der Waals surface area contributed by atoms with Gasteiger partial charge in [-0.05, 0) is 51.0 Å². The Labute approximate surface area is 162 Å². The van der Waals surface area contributed by atoms with E-state index in [9.17, 15) is 13.2 Å². The van der Waals surface area contributed by atoms with E-state index >= 15 is 0 Å². The highest BCUT2D eigenvalue weighted by molar-refractivity contribution is 7.92. The first-order valence-electron chi connectivity index (χ1n) is 9.06. The second kappa shape index (κ2) is 8.57. The van der Waals surface area contributed by atoms with Crippen LogP contribution in [0.2, 0.25) is 0 Å². The van der Waals surface area contributed by atoms with Crippen LogP contribution in [0.3, 0.4) is 0 Å². The van der Waals surface area contributed by atoms with Gasteiger partial charge >= 0.3 is 0 Å². The zero-order valence-corrected chi connectivity index (χ0v) is 17.4. The number of hydrogen-bond donors (Lipinski definition) is 1. The highest BCUT2D eigenvalue weighted by atomic mass is 32.2. The first-order chi connectivity index (χ1) is 12.6. The monoisotopic (exact) mass is 388 g/mol. The van der Waals surface area contributed by atoms with Crippen LogP contribution in [0.1, 0.15) is 31.9 Å². The number of hydrogen-bond acceptors (Lipinski definition) is 3. The summed E-state index contributed by atoms with van der Waals surface area (Å²) < 4.78 is 27.6. The Bertz CT molecular complexity index is 873. The van der Waals surface area contributed by atoms with Crippen LogP contribution in [-0.2, 0) is 14.8 Å². The molecule has 2 aromatic rings. The van der Waals surface area contributed by atoms with Crippen molar-refractivity contribution in [3.8, 4) is 0 Å². The van der Waals surface area contributed by atoms with E-state index in [0.29, 0.717) is 5.69 Å².